The third-order valence-corrected chi connectivity index (χ3v) is 4.17. The number of hydrogen-bond acceptors (Lipinski definition) is 3. The van der Waals surface area contributed by atoms with Gasteiger partial charge in [-0.25, -0.2) is 0 Å². The van der Waals surface area contributed by atoms with Crippen LogP contribution >= 0.6 is 12.2 Å². The molecular weight excluding hydrogens is 254 g/mol. The predicted octanol–water partition coefficient (Wildman–Crippen LogP) is 2.87. The monoisotopic (exact) mass is 277 g/mol. The van der Waals surface area contributed by atoms with Crippen molar-refractivity contribution in [2.75, 3.05) is 6.54 Å². The smallest absolute Gasteiger partial charge is 0.122 e. The first-order valence-corrected chi connectivity index (χ1v) is 7.60. The molecule has 0 saturated heterocycles. The summed E-state index contributed by atoms with van der Waals surface area (Å²) in [5.41, 5.74) is 7.63. The first kappa shape index (κ1) is 14.4. The van der Waals surface area contributed by atoms with Crippen molar-refractivity contribution in [3.63, 3.8) is 0 Å². The van der Waals surface area contributed by atoms with Crippen LogP contribution in [0, 0.1) is 0 Å². The summed E-state index contributed by atoms with van der Waals surface area (Å²) in [7, 11) is 0. The summed E-state index contributed by atoms with van der Waals surface area (Å²) in [6.45, 7) is 4.30. The number of thiocarbonyl (C=S) groups is 1. The van der Waals surface area contributed by atoms with E-state index < -0.39 is 0 Å². The second-order valence-corrected chi connectivity index (χ2v) is 5.71. The largest absolute Gasteiger partial charge is 0.388 e. The Morgan fingerprint density at radius 1 is 1.42 bits per heavy atom. The molecule has 1 fully saturated rings. The number of nitrogens with two attached hydrogens (primary N) is 1. The number of hydrogen-bond donors (Lipinski definition) is 1. The molecule has 2 N–H and O–H groups in total. The van der Waals surface area contributed by atoms with Crippen LogP contribution in [0.5, 0.6) is 0 Å². The Morgan fingerprint density at radius 3 is 2.79 bits per heavy atom. The van der Waals surface area contributed by atoms with Gasteiger partial charge in [-0.05, 0) is 37.1 Å². The van der Waals surface area contributed by atoms with Crippen molar-refractivity contribution >= 4 is 17.2 Å². The standard InChI is InChI=1S/C15H23N3S/c1-2-18(13-6-4-3-5-7-13)11-12-8-9-17-14(10-12)15(16)19/h8-10,13H,2-7,11H2,1H3,(H2,16,19). The van der Waals surface area contributed by atoms with E-state index in [9.17, 15) is 0 Å². The molecule has 1 saturated carbocycles. The molecule has 1 aliphatic carbocycles. The normalized spacial score (nSPS) is 16.7. The van der Waals surface area contributed by atoms with Crippen LogP contribution in [-0.2, 0) is 6.54 Å². The molecule has 1 aromatic heterocycles. The van der Waals surface area contributed by atoms with Crippen LogP contribution in [0.1, 0.15) is 50.3 Å². The molecule has 0 bridgehead atoms. The first-order chi connectivity index (χ1) is 9.20. The minimum absolute atomic E-state index is 0.377. The lowest BCUT2D eigenvalue weighted by atomic mass is 9.94. The van der Waals surface area contributed by atoms with Gasteiger partial charge < -0.3 is 5.73 Å². The lowest BCUT2D eigenvalue weighted by molar-refractivity contribution is 0.156. The molecule has 1 aliphatic rings. The summed E-state index contributed by atoms with van der Waals surface area (Å²) in [6.07, 6.45) is 8.61. The zero-order valence-corrected chi connectivity index (χ0v) is 12.5. The Labute approximate surface area is 121 Å². The molecule has 1 aromatic rings. The topological polar surface area (TPSA) is 42.2 Å². The molecule has 4 heteroatoms. The highest BCUT2D eigenvalue weighted by molar-refractivity contribution is 7.80. The van der Waals surface area contributed by atoms with Gasteiger partial charge in [-0.15, -0.1) is 0 Å². The van der Waals surface area contributed by atoms with Crippen LogP contribution in [0.15, 0.2) is 18.3 Å². The molecule has 0 spiro atoms. The maximum atomic E-state index is 5.64. The zero-order chi connectivity index (χ0) is 13.7. The summed E-state index contributed by atoms with van der Waals surface area (Å²) >= 11 is 4.99. The number of rotatable bonds is 5. The molecule has 0 amide bonds. The van der Waals surface area contributed by atoms with Gasteiger partial charge in [0.05, 0.1) is 5.69 Å². The fourth-order valence-corrected chi connectivity index (χ4v) is 3.00. The van der Waals surface area contributed by atoms with Gasteiger partial charge in [-0.3, -0.25) is 9.88 Å². The van der Waals surface area contributed by atoms with E-state index in [0.717, 1.165) is 24.8 Å². The molecular formula is C15H23N3S. The van der Waals surface area contributed by atoms with Crippen molar-refractivity contribution in [1.29, 1.82) is 0 Å². The van der Waals surface area contributed by atoms with Crippen LogP contribution in [0.3, 0.4) is 0 Å². The van der Waals surface area contributed by atoms with E-state index in [1.807, 2.05) is 6.07 Å². The molecule has 0 aliphatic heterocycles. The van der Waals surface area contributed by atoms with E-state index >= 15 is 0 Å². The lowest BCUT2D eigenvalue weighted by Crippen LogP contribution is -2.36. The molecule has 104 valence electrons. The predicted molar refractivity (Wildman–Crippen MR) is 83.1 cm³/mol. The van der Waals surface area contributed by atoms with E-state index in [-0.39, 0.29) is 0 Å². The Kier molecular flexibility index (Phi) is 5.28. The molecule has 0 atom stereocenters. The van der Waals surface area contributed by atoms with Crippen molar-refractivity contribution < 1.29 is 0 Å². The van der Waals surface area contributed by atoms with Gasteiger partial charge in [-0.2, -0.15) is 0 Å². The van der Waals surface area contributed by atoms with Crippen molar-refractivity contribution in [1.82, 2.24) is 9.88 Å². The Morgan fingerprint density at radius 2 is 2.16 bits per heavy atom. The van der Waals surface area contributed by atoms with Crippen LogP contribution in [0.25, 0.3) is 0 Å². The second kappa shape index (κ2) is 6.96. The van der Waals surface area contributed by atoms with Gasteiger partial charge in [0.2, 0.25) is 0 Å². The summed E-state index contributed by atoms with van der Waals surface area (Å²) in [5.74, 6) is 0. The third-order valence-electron chi connectivity index (χ3n) is 3.96. The number of nitrogens with zero attached hydrogens (tertiary/aromatic N) is 2. The van der Waals surface area contributed by atoms with Crippen molar-refractivity contribution in [2.45, 2.75) is 51.6 Å². The molecule has 2 rings (SSSR count). The summed E-state index contributed by atoms with van der Waals surface area (Å²) < 4.78 is 0. The number of pyridine rings is 1. The zero-order valence-electron chi connectivity index (χ0n) is 11.6. The van der Waals surface area contributed by atoms with Crippen molar-refractivity contribution in [3.05, 3.63) is 29.6 Å². The van der Waals surface area contributed by atoms with E-state index in [2.05, 4.69) is 22.9 Å². The van der Waals surface area contributed by atoms with Gasteiger partial charge in [-0.1, -0.05) is 38.4 Å². The maximum Gasteiger partial charge on any atom is 0.122 e. The summed E-state index contributed by atoms with van der Waals surface area (Å²) in [5, 5.41) is 0. The average Bonchev–Trinajstić information content (AvgIpc) is 2.46. The minimum atomic E-state index is 0.377. The highest BCUT2D eigenvalue weighted by Gasteiger charge is 2.19. The second-order valence-electron chi connectivity index (χ2n) is 5.27. The van der Waals surface area contributed by atoms with Crippen LogP contribution in [0.4, 0.5) is 0 Å². The van der Waals surface area contributed by atoms with Gasteiger partial charge in [0.1, 0.15) is 4.99 Å². The molecule has 3 nitrogen and oxygen atoms in total. The van der Waals surface area contributed by atoms with Crippen LogP contribution < -0.4 is 5.73 Å². The van der Waals surface area contributed by atoms with E-state index in [0.29, 0.717) is 4.99 Å². The Bertz CT molecular complexity index is 427. The SMILES string of the molecule is CCN(Cc1ccnc(C(N)=S)c1)C1CCCCC1. The van der Waals surface area contributed by atoms with E-state index in [1.54, 1.807) is 6.20 Å². The Balaban J connectivity index is 2.04. The number of aromatic nitrogens is 1. The quantitative estimate of drug-likeness (QED) is 0.840. The lowest BCUT2D eigenvalue weighted by Gasteiger charge is -2.33. The molecule has 0 unspecified atom stereocenters. The maximum absolute atomic E-state index is 5.64. The van der Waals surface area contributed by atoms with Crippen LogP contribution in [-0.4, -0.2) is 27.5 Å². The van der Waals surface area contributed by atoms with Gasteiger partial charge in [0.15, 0.2) is 0 Å². The fourth-order valence-electron chi connectivity index (χ4n) is 2.89. The highest BCUT2D eigenvalue weighted by Crippen LogP contribution is 2.23. The first-order valence-electron chi connectivity index (χ1n) is 7.19. The average molecular weight is 277 g/mol. The third kappa shape index (κ3) is 3.98. The van der Waals surface area contributed by atoms with Gasteiger partial charge >= 0.3 is 0 Å². The van der Waals surface area contributed by atoms with Crippen LogP contribution in [0.2, 0.25) is 0 Å². The van der Waals surface area contributed by atoms with Gasteiger partial charge in [0.25, 0.3) is 0 Å². The van der Waals surface area contributed by atoms with E-state index in [4.69, 9.17) is 18.0 Å². The summed E-state index contributed by atoms with van der Waals surface area (Å²) in [4.78, 5) is 7.14. The molecule has 0 radical (unpaired) electrons. The Hall–Kier alpha value is -1.00. The summed E-state index contributed by atoms with van der Waals surface area (Å²) in [6, 6.07) is 4.82. The van der Waals surface area contributed by atoms with Crippen molar-refractivity contribution in [2.24, 2.45) is 5.73 Å². The molecule has 19 heavy (non-hydrogen) atoms. The van der Waals surface area contributed by atoms with Crippen molar-refractivity contribution in [3.8, 4) is 0 Å². The fraction of sp³-hybridized carbons (Fsp3) is 0.600. The van der Waals surface area contributed by atoms with Gasteiger partial charge in [0, 0.05) is 18.8 Å². The van der Waals surface area contributed by atoms with E-state index in [1.165, 1.54) is 37.7 Å². The molecule has 0 aromatic carbocycles. The molecule has 1 heterocycles. The minimum Gasteiger partial charge on any atom is -0.388 e. The highest BCUT2D eigenvalue weighted by atomic mass is 32.1.